The summed E-state index contributed by atoms with van der Waals surface area (Å²) in [4.78, 5) is 25.5. The highest BCUT2D eigenvalue weighted by Crippen LogP contribution is 2.36. The van der Waals surface area contributed by atoms with Gasteiger partial charge < -0.3 is 5.32 Å². The van der Waals surface area contributed by atoms with E-state index in [1.165, 1.54) is 0 Å². The Bertz CT molecular complexity index is 1280. The molecule has 0 fully saturated rings. The maximum Gasteiger partial charge on any atom is 0.251 e. The van der Waals surface area contributed by atoms with Crippen LogP contribution in [0.4, 0.5) is 5.69 Å². The predicted molar refractivity (Wildman–Crippen MR) is 116 cm³/mol. The third-order valence-corrected chi connectivity index (χ3v) is 5.63. The second kappa shape index (κ2) is 7.42. The lowest BCUT2D eigenvalue weighted by Crippen LogP contribution is -2.27. The van der Waals surface area contributed by atoms with Crippen LogP contribution in [0.1, 0.15) is 44.8 Å². The van der Waals surface area contributed by atoms with E-state index in [9.17, 15) is 18.0 Å². The Hall–Kier alpha value is -3.45. The molecule has 1 atom stereocenters. The number of hydrogen-bond donors (Lipinski definition) is 2. The Morgan fingerprint density at radius 3 is 2.30 bits per heavy atom. The number of sulfonamides is 1. The highest BCUT2D eigenvalue weighted by atomic mass is 32.2. The first kappa shape index (κ1) is 19.8. The van der Waals surface area contributed by atoms with Gasteiger partial charge in [-0.05, 0) is 47.9 Å². The molecule has 1 amide bonds. The van der Waals surface area contributed by atoms with Gasteiger partial charge >= 0.3 is 0 Å². The Morgan fingerprint density at radius 1 is 0.867 bits per heavy atom. The molecule has 1 unspecified atom stereocenters. The zero-order valence-corrected chi connectivity index (χ0v) is 17.3. The summed E-state index contributed by atoms with van der Waals surface area (Å²) in [5.74, 6) is -0.390. The van der Waals surface area contributed by atoms with Crippen molar-refractivity contribution in [1.82, 2.24) is 5.32 Å². The lowest BCUT2D eigenvalue weighted by Gasteiger charge is -2.16. The Labute approximate surface area is 175 Å². The van der Waals surface area contributed by atoms with Crippen LogP contribution in [0, 0.1) is 0 Å². The minimum Gasteiger partial charge on any atom is -0.346 e. The zero-order valence-electron chi connectivity index (χ0n) is 16.5. The van der Waals surface area contributed by atoms with Gasteiger partial charge in [0.25, 0.3) is 5.91 Å². The van der Waals surface area contributed by atoms with Gasteiger partial charge in [0.1, 0.15) is 0 Å². The van der Waals surface area contributed by atoms with E-state index in [2.05, 4.69) is 10.0 Å². The predicted octanol–water partition coefficient (Wildman–Crippen LogP) is 3.76. The van der Waals surface area contributed by atoms with Crippen LogP contribution in [-0.2, 0) is 10.0 Å². The van der Waals surface area contributed by atoms with E-state index in [0.29, 0.717) is 22.4 Å². The lowest BCUT2D eigenvalue weighted by molar-refractivity contribution is 0.0940. The molecule has 0 aromatic heterocycles. The molecule has 7 heteroatoms. The van der Waals surface area contributed by atoms with Gasteiger partial charge in [0.05, 0.1) is 12.3 Å². The van der Waals surface area contributed by atoms with Crippen LogP contribution in [0.5, 0.6) is 0 Å². The molecule has 4 rings (SSSR count). The molecular weight excluding hydrogens is 400 g/mol. The summed E-state index contributed by atoms with van der Waals surface area (Å²) >= 11 is 0. The third kappa shape index (κ3) is 3.84. The number of ketones is 1. The molecule has 1 aliphatic carbocycles. The maximum absolute atomic E-state index is 12.8. The molecule has 6 nitrogen and oxygen atoms in total. The molecule has 0 bridgehead atoms. The first-order valence-electron chi connectivity index (χ1n) is 9.40. The second-order valence-corrected chi connectivity index (χ2v) is 9.08. The number of carbonyl (C=O) groups is 2. The van der Waals surface area contributed by atoms with Crippen molar-refractivity contribution in [2.24, 2.45) is 0 Å². The van der Waals surface area contributed by atoms with Crippen molar-refractivity contribution in [3.63, 3.8) is 0 Å². The quantitative estimate of drug-likeness (QED) is 0.514. The molecule has 3 aromatic rings. The fraction of sp³-hybridized carbons (Fsp3) is 0.130. The number of hydrogen-bond acceptors (Lipinski definition) is 4. The molecule has 3 aromatic carbocycles. The van der Waals surface area contributed by atoms with E-state index < -0.39 is 10.0 Å². The highest BCUT2D eigenvalue weighted by Gasteiger charge is 2.27. The summed E-state index contributed by atoms with van der Waals surface area (Å²) in [6, 6.07) is 19.0. The van der Waals surface area contributed by atoms with E-state index in [1.54, 1.807) is 48.5 Å². The number of rotatable bonds is 5. The summed E-state index contributed by atoms with van der Waals surface area (Å²) in [6.45, 7) is 1.81. The smallest absolute Gasteiger partial charge is 0.251 e. The van der Waals surface area contributed by atoms with E-state index in [1.807, 2.05) is 25.1 Å². The Morgan fingerprint density at radius 2 is 1.57 bits per heavy atom. The van der Waals surface area contributed by atoms with E-state index >= 15 is 0 Å². The number of fused-ring (bicyclic) bond motifs is 3. The van der Waals surface area contributed by atoms with Crippen LogP contribution in [0.15, 0.2) is 66.7 Å². The van der Waals surface area contributed by atoms with E-state index in [4.69, 9.17) is 0 Å². The summed E-state index contributed by atoms with van der Waals surface area (Å²) in [5, 5.41) is 2.90. The summed E-state index contributed by atoms with van der Waals surface area (Å²) in [7, 11) is -3.39. The molecule has 152 valence electrons. The Kier molecular flexibility index (Phi) is 4.91. The third-order valence-electron chi connectivity index (χ3n) is 5.03. The molecule has 2 N–H and O–H groups in total. The normalized spacial score (nSPS) is 13.3. The van der Waals surface area contributed by atoms with Gasteiger partial charge in [-0.25, -0.2) is 8.42 Å². The topological polar surface area (TPSA) is 92.3 Å². The van der Waals surface area contributed by atoms with Crippen molar-refractivity contribution in [2.75, 3.05) is 11.0 Å². The summed E-state index contributed by atoms with van der Waals surface area (Å²) in [6.07, 6.45) is 1.08. The number of benzene rings is 3. The number of nitrogens with one attached hydrogen (secondary N) is 2. The van der Waals surface area contributed by atoms with Gasteiger partial charge in [-0.15, -0.1) is 0 Å². The highest BCUT2D eigenvalue weighted by molar-refractivity contribution is 7.92. The van der Waals surface area contributed by atoms with Crippen molar-refractivity contribution in [3.8, 4) is 11.1 Å². The minimum atomic E-state index is -3.39. The molecule has 0 saturated carbocycles. The first-order chi connectivity index (χ1) is 14.2. The van der Waals surface area contributed by atoms with Crippen molar-refractivity contribution in [2.45, 2.75) is 13.0 Å². The van der Waals surface area contributed by atoms with Crippen molar-refractivity contribution in [1.29, 1.82) is 0 Å². The first-order valence-corrected chi connectivity index (χ1v) is 11.3. The van der Waals surface area contributed by atoms with Gasteiger partial charge in [-0.1, -0.05) is 42.5 Å². The van der Waals surface area contributed by atoms with Gasteiger partial charge in [-0.2, -0.15) is 0 Å². The molecule has 0 aliphatic heterocycles. The van der Waals surface area contributed by atoms with Crippen LogP contribution in [0.3, 0.4) is 0 Å². The molecule has 30 heavy (non-hydrogen) atoms. The second-order valence-electron chi connectivity index (χ2n) is 7.33. The average molecular weight is 420 g/mol. The molecule has 0 saturated heterocycles. The fourth-order valence-electron chi connectivity index (χ4n) is 3.62. The van der Waals surface area contributed by atoms with Gasteiger partial charge in [0.15, 0.2) is 5.78 Å². The van der Waals surface area contributed by atoms with Crippen LogP contribution < -0.4 is 10.0 Å². The molecule has 0 spiro atoms. The average Bonchev–Trinajstić information content (AvgIpc) is 2.99. The Balaban J connectivity index is 1.54. The van der Waals surface area contributed by atoms with Crippen molar-refractivity contribution < 1.29 is 18.0 Å². The number of amides is 1. The molecule has 1 aliphatic rings. The maximum atomic E-state index is 12.8. The lowest BCUT2D eigenvalue weighted by atomic mass is 10.0. The fourth-order valence-corrected chi connectivity index (χ4v) is 4.17. The van der Waals surface area contributed by atoms with Crippen LogP contribution in [-0.4, -0.2) is 26.4 Å². The number of carbonyl (C=O) groups excluding carboxylic acids is 2. The van der Waals surface area contributed by atoms with Gasteiger partial charge in [0.2, 0.25) is 10.0 Å². The van der Waals surface area contributed by atoms with Crippen molar-refractivity contribution >= 4 is 27.4 Å². The van der Waals surface area contributed by atoms with Crippen molar-refractivity contribution in [3.05, 3.63) is 89.0 Å². The molecular formula is C23H20N2O4S. The standard InChI is InChI=1S/C23H20N2O4S/c1-14(15-6-5-7-17(12-15)25-30(2,28)29)24-23(27)16-10-11-19-18-8-3-4-9-20(18)22(26)21(19)13-16/h3-14,25H,1-2H3,(H,24,27). The van der Waals surface area contributed by atoms with Crippen LogP contribution in [0.2, 0.25) is 0 Å². The SMILES string of the molecule is CC(NC(=O)c1ccc2c(c1)C(=O)c1ccccc1-2)c1cccc(NS(C)(=O)=O)c1. The monoisotopic (exact) mass is 420 g/mol. The van der Waals surface area contributed by atoms with E-state index in [0.717, 1.165) is 22.9 Å². The largest absolute Gasteiger partial charge is 0.346 e. The summed E-state index contributed by atoms with van der Waals surface area (Å²) in [5.41, 5.74) is 4.46. The minimum absolute atomic E-state index is 0.0807. The van der Waals surface area contributed by atoms with Crippen LogP contribution in [0.25, 0.3) is 11.1 Å². The van der Waals surface area contributed by atoms with Crippen LogP contribution >= 0.6 is 0 Å². The zero-order chi connectivity index (χ0) is 21.5. The van der Waals surface area contributed by atoms with E-state index in [-0.39, 0.29) is 17.7 Å². The van der Waals surface area contributed by atoms with Gasteiger partial charge in [-0.3, -0.25) is 14.3 Å². The molecule has 0 heterocycles. The summed E-state index contributed by atoms with van der Waals surface area (Å²) < 4.78 is 25.3. The number of anilines is 1. The van der Waals surface area contributed by atoms with Gasteiger partial charge in [0, 0.05) is 22.4 Å². The molecule has 0 radical (unpaired) electrons.